The molecule has 1 aromatic rings. The number of hydrogen-bond acceptors (Lipinski definition) is 3. The molecule has 0 saturated carbocycles. The van der Waals surface area contributed by atoms with E-state index >= 15 is 0 Å². The lowest BCUT2D eigenvalue weighted by Crippen LogP contribution is -2.31. The molecule has 1 aromatic carbocycles. The Hall–Kier alpha value is -1.06. The number of nitrogens with zero attached hydrogens (tertiary/aromatic N) is 1. The fraction of sp³-hybridized carbons (Fsp3) is 0.625. The minimum atomic E-state index is 0.418. The summed E-state index contributed by atoms with van der Waals surface area (Å²) in [6.07, 6.45) is 2.30. The molecule has 1 unspecified atom stereocenters. The zero-order valence-electron chi connectivity index (χ0n) is 12.4. The topological polar surface area (TPSA) is 24.5 Å². The normalized spacial score (nSPS) is 18.9. The third-order valence-corrected chi connectivity index (χ3v) is 4.07. The number of nitrogens with one attached hydrogen (secondary N) is 1. The average molecular weight is 262 g/mol. The summed E-state index contributed by atoms with van der Waals surface area (Å²) < 4.78 is 5.55. The summed E-state index contributed by atoms with van der Waals surface area (Å²) in [5.41, 5.74) is 2.71. The van der Waals surface area contributed by atoms with Gasteiger partial charge in [0.2, 0.25) is 0 Å². The summed E-state index contributed by atoms with van der Waals surface area (Å²) in [6.45, 7) is 8.98. The van der Waals surface area contributed by atoms with Gasteiger partial charge in [-0.05, 0) is 44.5 Å². The lowest BCUT2D eigenvalue weighted by molar-refractivity contribution is 0.221. The maximum absolute atomic E-state index is 5.55. The number of rotatable bonds is 4. The summed E-state index contributed by atoms with van der Waals surface area (Å²) in [5, 5.41) is 3.46. The van der Waals surface area contributed by atoms with E-state index in [2.05, 4.69) is 42.3 Å². The van der Waals surface area contributed by atoms with Crippen LogP contribution in [0.1, 0.15) is 37.4 Å². The van der Waals surface area contributed by atoms with E-state index in [1.807, 2.05) is 0 Å². The highest BCUT2D eigenvalue weighted by Crippen LogP contribution is 2.30. The molecule has 1 aliphatic heterocycles. The number of methoxy groups -OCH3 is 1. The molecule has 3 heteroatoms. The minimum absolute atomic E-state index is 0.418. The zero-order chi connectivity index (χ0) is 13.7. The van der Waals surface area contributed by atoms with Crippen LogP contribution in [-0.2, 0) is 6.42 Å². The molecule has 0 aromatic heterocycles. The van der Waals surface area contributed by atoms with Crippen LogP contribution in [0.15, 0.2) is 18.2 Å². The molecule has 19 heavy (non-hydrogen) atoms. The molecule has 1 aliphatic rings. The van der Waals surface area contributed by atoms with Gasteiger partial charge < -0.3 is 10.1 Å². The first-order chi connectivity index (χ1) is 9.26. The lowest BCUT2D eigenvalue weighted by atomic mass is 10.0. The summed E-state index contributed by atoms with van der Waals surface area (Å²) >= 11 is 0. The monoisotopic (exact) mass is 262 g/mol. The van der Waals surface area contributed by atoms with E-state index in [0.29, 0.717) is 6.04 Å². The van der Waals surface area contributed by atoms with Crippen LogP contribution in [-0.4, -0.2) is 38.2 Å². The van der Waals surface area contributed by atoms with Crippen molar-refractivity contribution in [2.24, 2.45) is 0 Å². The number of benzene rings is 1. The maximum atomic E-state index is 5.55. The van der Waals surface area contributed by atoms with Gasteiger partial charge in [-0.2, -0.15) is 0 Å². The van der Waals surface area contributed by atoms with Crippen LogP contribution in [0.4, 0.5) is 0 Å². The van der Waals surface area contributed by atoms with Crippen molar-refractivity contribution >= 4 is 0 Å². The van der Waals surface area contributed by atoms with Gasteiger partial charge in [0.05, 0.1) is 7.11 Å². The second-order valence-corrected chi connectivity index (χ2v) is 5.25. The average Bonchev–Trinajstić information content (AvgIpc) is 2.74. The number of hydrogen-bond donors (Lipinski definition) is 1. The molecular weight excluding hydrogens is 236 g/mol. The SMILES string of the molecule is CCc1ccc(OC)c(C(C)N2CCCNCC2)c1. The van der Waals surface area contributed by atoms with Crippen LogP contribution in [0, 0.1) is 0 Å². The van der Waals surface area contributed by atoms with Gasteiger partial charge in [-0.25, -0.2) is 0 Å². The third-order valence-electron chi connectivity index (χ3n) is 4.07. The third kappa shape index (κ3) is 3.48. The summed E-state index contributed by atoms with van der Waals surface area (Å²) in [4.78, 5) is 2.55. The van der Waals surface area contributed by atoms with Crippen LogP contribution < -0.4 is 10.1 Å². The first-order valence-electron chi connectivity index (χ1n) is 7.37. The largest absolute Gasteiger partial charge is 0.496 e. The highest BCUT2D eigenvalue weighted by molar-refractivity contribution is 5.39. The van der Waals surface area contributed by atoms with Gasteiger partial charge in [0.25, 0.3) is 0 Å². The van der Waals surface area contributed by atoms with Gasteiger partial charge in [-0.1, -0.05) is 19.1 Å². The van der Waals surface area contributed by atoms with E-state index in [1.165, 1.54) is 17.5 Å². The van der Waals surface area contributed by atoms with E-state index in [-0.39, 0.29) is 0 Å². The molecule has 0 radical (unpaired) electrons. The number of ether oxygens (including phenoxy) is 1. The van der Waals surface area contributed by atoms with Gasteiger partial charge in [0.1, 0.15) is 5.75 Å². The van der Waals surface area contributed by atoms with Crippen molar-refractivity contribution < 1.29 is 4.74 Å². The highest BCUT2D eigenvalue weighted by Gasteiger charge is 2.20. The zero-order valence-corrected chi connectivity index (χ0v) is 12.4. The van der Waals surface area contributed by atoms with Crippen molar-refractivity contribution in [3.8, 4) is 5.75 Å². The molecule has 0 bridgehead atoms. The van der Waals surface area contributed by atoms with Crippen molar-refractivity contribution in [3.05, 3.63) is 29.3 Å². The van der Waals surface area contributed by atoms with Crippen LogP contribution in [0.3, 0.4) is 0 Å². The molecule has 2 rings (SSSR count). The Bertz CT molecular complexity index is 398. The van der Waals surface area contributed by atoms with Gasteiger partial charge in [0, 0.05) is 24.7 Å². The van der Waals surface area contributed by atoms with E-state index in [1.54, 1.807) is 7.11 Å². The van der Waals surface area contributed by atoms with Crippen molar-refractivity contribution in [1.29, 1.82) is 0 Å². The standard InChI is InChI=1S/C16H26N2O/c1-4-14-6-7-16(19-3)15(12-14)13(2)18-10-5-8-17-9-11-18/h6-7,12-13,17H,4-5,8-11H2,1-3H3. The summed E-state index contributed by atoms with van der Waals surface area (Å²) in [6, 6.07) is 7.00. The molecule has 3 nitrogen and oxygen atoms in total. The van der Waals surface area contributed by atoms with Gasteiger partial charge >= 0.3 is 0 Å². The van der Waals surface area contributed by atoms with E-state index in [0.717, 1.165) is 38.3 Å². The predicted molar refractivity (Wildman–Crippen MR) is 79.8 cm³/mol. The second kappa shape index (κ2) is 6.92. The molecule has 1 N–H and O–H groups in total. The Kier molecular flexibility index (Phi) is 5.23. The Labute approximate surface area is 116 Å². The van der Waals surface area contributed by atoms with Crippen LogP contribution in [0.25, 0.3) is 0 Å². The first kappa shape index (κ1) is 14.4. The fourth-order valence-electron chi connectivity index (χ4n) is 2.78. The molecule has 1 saturated heterocycles. The molecule has 1 atom stereocenters. The molecular formula is C16H26N2O. The van der Waals surface area contributed by atoms with E-state index < -0.39 is 0 Å². The molecule has 0 aliphatic carbocycles. The van der Waals surface area contributed by atoms with Crippen LogP contribution in [0.2, 0.25) is 0 Å². The predicted octanol–water partition coefficient (Wildman–Crippen LogP) is 2.61. The van der Waals surface area contributed by atoms with Crippen molar-refractivity contribution in [1.82, 2.24) is 10.2 Å². The molecule has 0 amide bonds. The first-order valence-corrected chi connectivity index (χ1v) is 7.37. The molecule has 1 heterocycles. The second-order valence-electron chi connectivity index (χ2n) is 5.25. The van der Waals surface area contributed by atoms with Crippen molar-refractivity contribution in [2.45, 2.75) is 32.7 Å². The highest BCUT2D eigenvalue weighted by atomic mass is 16.5. The minimum Gasteiger partial charge on any atom is -0.496 e. The van der Waals surface area contributed by atoms with Crippen LogP contribution in [0.5, 0.6) is 5.75 Å². The van der Waals surface area contributed by atoms with E-state index in [9.17, 15) is 0 Å². The van der Waals surface area contributed by atoms with Gasteiger partial charge in [-0.15, -0.1) is 0 Å². The van der Waals surface area contributed by atoms with E-state index in [4.69, 9.17) is 4.74 Å². The molecule has 0 spiro atoms. The fourth-order valence-corrected chi connectivity index (χ4v) is 2.78. The molecule has 1 fully saturated rings. The Morgan fingerprint density at radius 3 is 2.89 bits per heavy atom. The summed E-state index contributed by atoms with van der Waals surface area (Å²) in [5.74, 6) is 1.02. The Balaban J connectivity index is 2.22. The van der Waals surface area contributed by atoms with Gasteiger partial charge in [-0.3, -0.25) is 4.90 Å². The van der Waals surface area contributed by atoms with Crippen LogP contribution >= 0.6 is 0 Å². The Morgan fingerprint density at radius 2 is 2.16 bits per heavy atom. The maximum Gasteiger partial charge on any atom is 0.123 e. The Morgan fingerprint density at radius 1 is 1.32 bits per heavy atom. The number of aryl methyl sites for hydroxylation is 1. The van der Waals surface area contributed by atoms with Crippen molar-refractivity contribution in [3.63, 3.8) is 0 Å². The smallest absolute Gasteiger partial charge is 0.123 e. The summed E-state index contributed by atoms with van der Waals surface area (Å²) in [7, 11) is 1.77. The van der Waals surface area contributed by atoms with Crippen molar-refractivity contribution in [2.75, 3.05) is 33.3 Å². The lowest BCUT2D eigenvalue weighted by Gasteiger charge is -2.29. The quantitative estimate of drug-likeness (QED) is 0.902. The molecule has 106 valence electrons. The van der Waals surface area contributed by atoms with Gasteiger partial charge in [0.15, 0.2) is 0 Å².